The fraction of sp³-hybridized carbons (Fsp3) is 0.591. The number of unbranched alkanes of at least 4 members (excludes halogenated alkanes) is 1. The van der Waals surface area contributed by atoms with Crippen molar-refractivity contribution >= 4 is 23.4 Å². The first-order chi connectivity index (χ1) is 13.9. The maximum absolute atomic E-state index is 12.8. The molecule has 1 aromatic carbocycles. The zero-order valence-corrected chi connectivity index (χ0v) is 18.1. The first-order valence-corrected chi connectivity index (χ1v) is 10.4. The normalized spacial score (nSPS) is 11.4. The molecule has 1 rings (SSSR count). The van der Waals surface area contributed by atoms with Gasteiger partial charge in [-0.3, -0.25) is 14.4 Å². The van der Waals surface area contributed by atoms with Crippen LogP contribution in [-0.4, -0.2) is 49.4 Å². The molecular weight excluding hydrogens is 370 g/mol. The van der Waals surface area contributed by atoms with E-state index in [2.05, 4.69) is 17.6 Å². The Kier molecular flexibility index (Phi) is 11.5. The second kappa shape index (κ2) is 13.6. The molecular formula is C22H35N3O4. The van der Waals surface area contributed by atoms with Gasteiger partial charge in [0, 0.05) is 18.2 Å². The van der Waals surface area contributed by atoms with Gasteiger partial charge in [-0.25, -0.2) is 0 Å². The number of amides is 3. The van der Waals surface area contributed by atoms with E-state index in [1.165, 1.54) is 0 Å². The monoisotopic (exact) mass is 405 g/mol. The number of carbonyl (C=O) groups excluding carboxylic acids is 3. The number of anilines is 1. The van der Waals surface area contributed by atoms with Crippen molar-refractivity contribution in [1.82, 2.24) is 10.2 Å². The zero-order valence-electron chi connectivity index (χ0n) is 18.1. The van der Waals surface area contributed by atoms with E-state index in [0.717, 1.165) is 32.1 Å². The van der Waals surface area contributed by atoms with E-state index in [-0.39, 0.29) is 36.7 Å². The third-order valence-corrected chi connectivity index (χ3v) is 4.71. The number of methoxy groups -OCH3 is 1. The Bertz CT molecular complexity index is 646. The summed E-state index contributed by atoms with van der Waals surface area (Å²) >= 11 is 0. The quantitative estimate of drug-likeness (QED) is 0.527. The number of ether oxygens (including phenoxy) is 1. The first-order valence-electron chi connectivity index (χ1n) is 10.4. The number of carbonyl (C=O) groups is 3. The Morgan fingerprint density at radius 2 is 1.72 bits per heavy atom. The number of hydrogen-bond donors (Lipinski definition) is 2. The van der Waals surface area contributed by atoms with Gasteiger partial charge < -0.3 is 20.3 Å². The minimum absolute atomic E-state index is 0.0227. The van der Waals surface area contributed by atoms with Crippen molar-refractivity contribution in [2.75, 3.05) is 32.1 Å². The minimum atomic E-state index is -0.331. The summed E-state index contributed by atoms with van der Waals surface area (Å²) in [6.07, 6.45) is 4.44. The number of hydrogen-bond acceptors (Lipinski definition) is 4. The van der Waals surface area contributed by atoms with E-state index in [1.54, 1.807) is 36.3 Å². The third-order valence-electron chi connectivity index (χ3n) is 4.71. The van der Waals surface area contributed by atoms with Gasteiger partial charge in [-0.05, 0) is 43.5 Å². The van der Waals surface area contributed by atoms with E-state index in [4.69, 9.17) is 4.74 Å². The summed E-state index contributed by atoms with van der Waals surface area (Å²) in [5, 5.41) is 5.31. The molecule has 0 radical (unpaired) electrons. The van der Waals surface area contributed by atoms with Crippen molar-refractivity contribution in [1.29, 1.82) is 0 Å². The molecule has 0 heterocycles. The van der Waals surface area contributed by atoms with Crippen LogP contribution < -0.4 is 15.4 Å². The molecule has 1 atom stereocenters. The number of nitrogens with one attached hydrogen (secondary N) is 2. The Balaban J connectivity index is 2.53. The number of rotatable bonds is 13. The number of benzene rings is 1. The highest BCUT2D eigenvalue weighted by molar-refractivity contribution is 5.95. The SMILES string of the molecule is CCCC[C@@H](CC)C(=O)N(CCC)CC(=O)NCC(=O)Nc1ccc(OC)cc1. The van der Waals surface area contributed by atoms with Gasteiger partial charge in [0.1, 0.15) is 5.75 Å². The molecule has 0 aliphatic rings. The molecule has 0 unspecified atom stereocenters. The lowest BCUT2D eigenvalue weighted by molar-refractivity contribution is -0.140. The summed E-state index contributed by atoms with van der Waals surface area (Å²) in [7, 11) is 1.57. The van der Waals surface area contributed by atoms with Crippen molar-refractivity contribution in [2.45, 2.75) is 52.9 Å². The summed E-state index contributed by atoms with van der Waals surface area (Å²) in [4.78, 5) is 38.8. The van der Waals surface area contributed by atoms with E-state index in [0.29, 0.717) is 18.0 Å². The first kappa shape index (κ1) is 24.5. The average molecular weight is 406 g/mol. The van der Waals surface area contributed by atoms with Crippen molar-refractivity contribution in [3.63, 3.8) is 0 Å². The molecule has 0 aliphatic carbocycles. The second-order valence-electron chi connectivity index (χ2n) is 7.06. The lowest BCUT2D eigenvalue weighted by Crippen LogP contribution is -2.45. The molecule has 0 bridgehead atoms. The Morgan fingerprint density at radius 1 is 1.03 bits per heavy atom. The molecule has 0 saturated carbocycles. The summed E-state index contributed by atoms with van der Waals surface area (Å²) in [5.41, 5.74) is 0.620. The smallest absolute Gasteiger partial charge is 0.243 e. The lowest BCUT2D eigenvalue weighted by Gasteiger charge is -2.26. The van der Waals surface area contributed by atoms with Crippen LogP contribution in [0.5, 0.6) is 5.75 Å². The maximum atomic E-state index is 12.8. The molecule has 3 amide bonds. The molecule has 7 heteroatoms. The summed E-state index contributed by atoms with van der Waals surface area (Å²) in [6.45, 7) is 6.45. The van der Waals surface area contributed by atoms with E-state index in [9.17, 15) is 14.4 Å². The molecule has 0 fully saturated rings. The zero-order chi connectivity index (χ0) is 21.6. The topological polar surface area (TPSA) is 87.7 Å². The van der Waals surface area contributed by atoms with Crippen LogP contribution in [0.1, 0.15) is 52.9 Å². The minimum Gasteiger partial charge on any atom is -0.497 e. The summed E-state index contributed by atoms with van der Waals surface area (Å²) in [6, 6.07) is 6.93. The molecule has 0 saturated heterocycles. The van der Waals surface area contributed by atoms with Gasteiger partial charge in [0.05, 0.1) is 20.2 Å². The fourth-order valence-electron chi connectivity index (χ4n) is 3.04. The van der Waals surface area contributed by atoms with Crippen molar-refractivity contribution < 1.29 is 19.1 Å². The molecule has 0 aliphatic heterocycles. The largest absolute Gasteiger partial charge is 0.497 e. The highest BCUT2D eigenvalue weighted by Crippen LogP contribution is 2.16. The Hall–Kier alpha value is -2.57. The maximum Gasteiger partial charge on any atom is 0.243 e. The molecule has 7 nitrogen and oxygen atoms in total. The predicted octanol–water partition coefficient (Wildman–Crippen LogP) is 3.20. The highest BCUT2D eigenvalue weighted by atomic mass is 16.5. The van der Waals surface area contributed by atoms with Crippen LogP contribution in [-0.2, 0) is 14.4 Å². The molecule has 0 aromatic heterocycles. The third kappa shape index (κ3) is 8.98. The Labute approximate surface area is 174 Å². The van der Waals surface area contributed by atoms with Gasteiger partial charge >= 0.3 is 0 Å². The standard InChI is InChI=1S/C22H35N3O4/c1-5-8-9-17(7-3)22(28)25(14-6-2)16-21(27)23-15-20(26)24-18-10-12-19(29-4)13-11-18/h10-13,17H,5-9,14-16H2,1-4H3,(H,23,27)(H,24,26)/t17-/m1/s1. The molecule has 2 N–H and O–H groups in total. The van der Waals surface area contributed by atoms with E-state index < -0.39 is 0 Å². The van der Waals surface area contributed by atoms with Gasteiger partial charge in [-0.15, -0.1) is 0 Å². The second-order valence-corrected chi connectivity index (χ2v) is 7.06. The average Bonchev–Trinajstić information content (AvgIpc) is 2.73. The van der Waals surface area contributed by atoms with Crippen LogP contribution in [0, 0.1) is 5.92 Å². The van der Waals surface area contributed by atoms with E-state index >= 15 is 0 Å². The van der Waals surface area contributed by atoms with Crippen molar-refractivity contribution in [2.24, 2.45) is 5.92 Å². The van der Waals surface area contributed by atoms with Crippen LogP contribution in [0.2, 0.25) is 0 Å². The van der Waals surface area contributed by atoms with Crippen LogP contribution in [0.15, 0.2) is 24.3 Å². The molecule has 0 spiro atoms. The Morgan fingerprint density at radius 3 is 2.28 bits per heavy atom. The number of nitrogens with zero attached hydrogens (tertiary/aromatic N) is 1. The van der Waals surface area contributed by atoms with Gasteiger partial charge in [-0.2, -0.15) is 0 Å². The summed E-state index contributed by atoms with van der Waals surface area (Å²) in [5.74, 6) is 0.0166. The van der Waals surface area contributed by atoms with E-state index in [1.807, 2.05) is 13.8 Å². The molecule has 29 heavy (non-hydrogen) atoms. The van der Waals surface area contributed by atoms with Crippen molar-refractivity contribution in [3.05, 3.63) is 24.3 Å². The van der Waals surface area contributed by atoms with Crippen LogP contribution in [0.25, 0.3) is 0 Å². The summed E-state index contributed by atoms with van der Waals surface area (Å²) < 4.78 is 5.07. The lowest BCUT2D eigenvalue weighted by atomic mass is 9.97. The van der Waals surface area contributed by atoms with Crippen molar-refractivity contribution in [3.8, 4) is 5.75 Å². The van der Waals surface area contributed by atoms with Gasteiger partial charge in [0.15, 0.2) is 0 Å². The fourth-order valence-corrected chi connectivity index (χ4v) is 3.04. The van der Waals surface area contributed by atoms with Crippen LogP contribution >= 0.6 is 0 Å². The highest BCUT2D eigenvalue weighted by Gasteiger charge is 2.23. The van der Waals surface area contributed by atoms with Crippen LogP contribution in [0.3, 0.4) is 0 Å². The van der Waals surface area contributed by atoms with Gasteiger partial charge in [0.25, 0.3) is 0 Å². The predicted molar refractivity (Wildman–Crippen MR) is 115 cm³/mol. The van der Waals surface area contributed by atoms with Crippen LogP contribution in [0.4, 0.5) is 5.69 Å². The molecule has 162 valence electrons. The van der Waals surface area contributed by atoms with Gasteiger partial charge in [0.2, 0.25) is 17.7 Å². The molecule has 1 aromatic rings. The van der Waals surface area contributed by atoms with Gasteiger partial charge in [-0.1, -0.05) is 33.6 Å².